The Balaban J connectivity index is 1.96. The SMILES string of the molecule is COC(=O)C1CC(C(=O)Nc2ccc(C(F)(F)F)cc2)N=N1. The van der Waals surface area contributed by atoms with E-state index in [1.807, 2.05) is 0 Å². The first-order valence-corrected chi connectivity index (χ1v) is 6.27. The van der Waals surface area contributed by atoms with Crippen molar-refractivity contribution in [2.75, 3.05) is 12.4 Å². The third kappa shape index (κ3) is 3.60. The molecule has 0 bridgehead atoms. The lowest BCUT2D eigenvalue weighted by Gasteiger charge is -2.10. The van der Waals surface area contributed by atoms with Gasteiger partial charge in [-0.15, -0.1) is 0 Å². The Hall–Kier alpha value is -2.45. The van der Waals surface area contributed by atoms with E-state index in [4.69, 9.17) is 0 Å². The lowest BCUT2D eigenvalue weighted by atomic mass is 10.1. The van der Waals surface area contributed by atoms with Crippen molar-refractivity contribution in [2.24, 2.45) is 10.2 Å². The number of carbonyl (C=O) groups is 2. The Morgan fingerprint density at radius 2 is 1.77 bits per heavy atom. The van der Waals surface area contributed by atoms with Crippen molar-refractivity contribution in [2.45, 2.75) is 24.7 Å². The number of methoxy groups -OCH3 is 1. The van der Waals surface area contributed by atoms with Crippen LogP contribution in [-0.4, -0.2) is 31.1 Å². The molecule has 0 saturated carbocycles. The van der Waals surface area contributed by atoms with Gasteiger partial charge in [-0.05, 0) is 24.3 Å². The number of amides is 1. The van der Waals surface area contributed by atoms with Crippen LogP contribution in [0.4, 0.5) is 18.9 Å². The summed E-state index contributed by atoms with van der Waals surface area (Å²) in [6.07, 6.45) is -4.37. The topological polar surface area (TPSA) is 80.1 Å². The quantitative estimate of drug-likeness (QED) is 0.870. The number of halogens is 3. The molecular weight excluding hydrogens is 303 g/mol. The molecule has 1 aliphatic heterocycles. The highest BCUT2D eigenvalue weighted by molar-refractivity contribution is 5.95. The maximum atomic E-state index is 12.4. The lowest BCUT2D eigenvalue weighted by Crippen LogP contribution is -2.28. The van der Waals surface area contributed by atoms with Crippen molar-refractivity contribution in [3.63, 3.8) is 0 Å². The molecule has 0 aromatic heterocycles. The first kappa shape index (κ1) is 15.9. The molecule has 1 heterocycles. The van der Waals surface area contributed by atoms with Gasteiger partial charge in [-0.2, -0.15) is 23.4 Å². The first-order valence-electron chi connectivity index (χ1n) is 6.27. The van der Waals surface area contributed by atoms with E-state index < -0.39 is 35.7 Å². The molecule has 0 radical (unpaired) electrons. The third-order valence-corrected chi connectivity index (χ3v) is 3.05. The molecule has 1 aromatic rings. The van der Waals surface area contributed by atoms with Crippen LogP contribution in [0.1, 0.15) is 12.0 Å². The Morgan fingerprint density at radius 3 is 2.32 bits per heavy atom. The Morgan fingerprint density at radius 1 is 1.18 bits per heavy atom. The number of rotatable bonds is 3. The van der Waals surface area contributed by atoms with Crippen molar-refractivity contribution in [3.05, 3.63) is 29.8 Å². The van der Waals surface area contributed by atoms with Crippen molar-refractivity contribution in [3.8, 4) is 0 Å². The highest BCUT2D eigenvalue weighted by Crippen LogP contribution is 2.30. The van der Waals surface area contributed by atoms with Crippen LogP contribution in [-0.2, 0) is 20.5 Å². The minimum atomic E-state index is -4.43. The minimum absolute atomic E-state index is 0.0686. The second-order valence-corrected chi connectivity index (χ2v) is 4.59. The molecule has 2 rings (SSSR count). The monoisotopic (exact) mass is 315 g/mol. The zero-order chi connectivity index (χ0) is 16.3. The van der Waals surface area contributed by atoms with Gasteiger partial charge < -0.3 is 10.1 Å². The number of esters is 1. The number of benzene rings is 1. The fourth-order valence-corrected chi connectivity index (χ4v) is 1.87. The van der Waals surface area contributed by atoms with E-state index in [2.05, 4.69) is 20.3 Å². The number of hydrogen-bond acceptors (Lipinski definition) is 5. The molecule has 1 N–H and O–H groups in total. The van der Waals surface area contributed by atoms with Crippen molar-refractivity contribution in [1.82, 2.24) is 0 Å². The van der Waals surface area contributed by atoms with Gasteiger partial charge in [-0.25, -0.2) is 4.79 Å². The number of ether oxygens (including phenoxy) is 1. The van der Waals surface area contributed by atoms with Gasteiger partial charge in [0.25, 0.3) is 5.91 Å². The smallest absolute Gasteiger partial charge is 0.416 e. The maximum Gasteiger partial charge on any atom is 0.416 e. The van der Waals surface area contributed by atoms with Crippen LogP contribution < -0.4 is 5.32 Å². The molecule has 0 fully saturated rings. The van der Waals surface area contributed by atoms with Gasteiger partial charge in [0.1, 0.15) is 0 Å². The standard InChI is InChI=1S/C13H12F3N3O3/c1-22-12(21)10-6-9(18-19-10)11(20)17-8-4-2-7(3-5-8)13(14,15)16/h2-5,9-10H,6H2,1H3,(H,17,20). The Labute approximate surface area is 123 Å². The highest BCUT2D eigenvalue weighted by Gasteiger charge is 2.33. The van der Waals surface area contributed by atoms with Gasteiger partial charge in [0, 0.05) is 12.1 Å². The average molecular weight is 315 g/mol. The third-order valence-electron chi connectivity index (χ3n) is 3.05. The molecule has 2 atom stereocenters. The van der Waals surface area contributed by atoms with E-state index in [1.165, 1.54) is 7.11 Å². The average Bonchev–Trinajstić information content (AvgIpc) is 2.96. The van der Waals surface area contributed by atoms with Gasteiger partial charge in [0.15, 0.2) is 12.1 Å². The van der Waals surface area contributed by atoms with E-state index in [1.54, 1.807) is 0 Å². The molecule has 6 nitrogen and oxygen atoms in total. The number of hydrogen-bond donors (Lipinski definition) is 1. The van der Waals surface area contributed by atoms with Gasteiger partial charge >= 0.3 is 12.1 Å². The van der Waals surface area contributed by atoms with Crippen LogP contribution >= 0.6 is 0 Å². The normalized spacial score (nSPS) is 20.7. The van der Waals surface area contributed by atoms with Gasteiger partial charge in [0.2, 0.25) is 0 Å². The Kier molecular flexibility index (Phi) is 4.43. The molecule has 118 valence electrons. The van der Waals surface area contributed by atoms with Gasteiger partial charge in [-0.3, -0.25) is 4.79 Å². The summed E-state index contributed by atoms with van der Waals surface area (Å²) in [5.74, 6) is -1.14. The summed E-state index contributed by atoms with van der Waals surface area (Å²) < 4.78 is 41.8. The molecule has 0 aliphatic carbocycles. The van der Waals surface area contributed by atoms with Crippen molar-refractivity contribution >= 4 is 17.6 Å². The van der Waals surface area contributed by atoms with Crippen LogP contribution in [0.3, 0.4) is 0 Å². The van der Waals surface area contributed by atoms with Gasteiger partial charge in [0.05, 0.1) is 12.7 Å². The minimum Gasteiger partial charge on any atom is -0.467 e. The number of nitrogens with zero attached hydrogens (tertiary/aromatic N) is 2. The highest BCUT2D eigenvalue weighted by atomic mass is 19.4. The van der Waals surface area contributed by atoms with Crippen LogP contribution in [0.2, 0.25) is 0 Å². The summed E-state index contributed by atoms with van der Waals surface area (Å²) in [6.45, 7) is 0. The van der Waals surface area contributed by atoms with Crippen LogP contribution in [0.25, 0.3) is 0 Å². The lowest BCUT2D eigenvalue weighted by molar-refractivity contribution is -0.142. The molecule has 1 amide bonds. The van der Waals surface area contributed by atoms with Crippen molar-refractivity contribution in [1.29, 1.82) is 0 Å². The number of carbonyl (C=O) groups excluding carboxylic acids is 2. The first-order chi connectivity index (χ1) is 10.3. The summed E-state index contributed by atoms with van der Waals surface area (Å²) in [7, 11) is 1.20. The fraction of sp³-hybridized carbons (Fsp3) is 0.385. The van der Waals surface area contributed by atoms with Crippen LogP contribution in [0.5, 0.6) is 0 Å². The van der Waals surface area contributed by atoms with E-state index in [9.17, 15) is 22.8 Å². The second kappa shape index (κ2) is 6.12. The molecule has 1 aliphatic rings. The largest absolute Gasteiger partial charge is 0.467 e. The van der Waals surface area contributed by atoms with E-state index in [0.717, 1.165) is 24.3 Å². The molecule has 1 aromatic carbocycles. The molecule has 2 unspecified atom stereocenters. The van der Waals surface area contributed by atoms with Crippen LogP contribution in [0, 0.1) is 0 Å². The zero-order valence-corrected chi connectivity index (χ0v) is 11.4. The van der Waals surface area contributed by atoms with Crippen LogP contribution in [0.15, 0.2) is 34.5 Å². The zero-order valence-electron chi connectivity index (χ0n) is 11.4. The molecule has 0 saturated heterocycles. The fourth-order valence-electron chi connectivity index (χ4n) is 1.87. The van der Waals surface area contributed by atoms with E-state index >= 15 is 0 Å². The molecule has 0 spiro atoms. The van der Waals surface area contributed by atoms with E-state index in [0.29, 0.717) is 0 Å². The predicted octanol–water partition coefficient (Wildman–Crippen LogP) is 2.41. The number of anilines is 1. The summed E-state index contributed by atoms with van der Waals surface area (Å²) in [5, 5.41) is 9.74. The summed E-state index contributed by atoms with van der Waals surface area (Å²) in [6, 6.07) is 2.32. The molecule has 9 heteroatoms. The summed E-state index contributed by atoms with van der Waals surface area (Å²) in [4.78, 5) is 23.2. The summed E-state index contributed by atoms with van der Waals surface area (Å²) in [5.41, 5.74) is -0.605. The number of nitrogens with one attached hydrogen (secondary N) is 1. The van der Waals surface area contributed by atoms with E-state index in [-0.39, 0.29) is 12.1 Å². The number of alkyl halides is 3. The number of azo groups is 1. The maximum absolute atomic E-state index is 12.4. The second-order valence-electron chi connectivity index (χ2n) is 4.59. The summed E-state index contributed by atoms with van der Waals surface area (Å²) >= 11 is 0. The Bertz CT molecular complexity index is 599. The van der Waals surface area contributed by atoms with Gasteiger partial charge in [-0.1, -0.05) is 0 Å². The molecule has 22 heavy (non-hydrogen) atoms. The molecular formula is C13H12F3N3O3. The van der Waals surface area contributed by atoms with Crippen molar-refractivity contribution < 1.29 is 27.5 Å². The predicted molar refractivity (Wildman–Crippen MR) is 69.1 cm³/mol.